The van der Waals surface area contributed by atoms with Crippen molar-refractivity contribution >= 4 is 28.4 Å². The van der Waals surface area contributed by atoms with Crippen LogP contribution in [0.2, 0.25) is 5.02 Å². The van der Waals surface area contributed by atoms with Crippen LogP contribution in [0.25, 0.3) is 10.9 Å². The lowest BCUT2D eigenvalue weighted by Gasteiger charge is -2.07. The van der Waals surface area contributed by atoms with E-state index in [0.717, 1.165) is 28.3 Å². The average Bonchev–Trinajstić information content (AvgIpc) is 3.18. The summed E-state index contributed by atoms with van der Waals surface area (Å²) in [4.78, 5) is 12.5. The summed E-state index contributed by atoms with van der Waals surface area (Å²) in [6.45, 7) is 3.96. The van der Waals surface area contributed by atoms with E-state index < -0.39 is 0 Å². The largest absolute Gasteiger partial charge is 0.494 e. The number of nitrogens with one attached hydrogen (secondary N) is 1. The lowest BCUT2D eigenvalue weighted by atomic mass is 10.1. The van der Waals surface area contributed by atoms with Gasteiger partial charge in [-0.3, -0.25) is 4.79 Å². The monoisotopic (exact) mass is 460 g/mol. The van der Waals surface area contributed by atoms with Gasteiger partial charge in [0.15, 0.2) is 0 Å². The summed E-state index contributed by atoms with van der Waals surface area (Å²) in [5.74, 6) is 0.947. The average molecular weight is 461 g/mol. The molecule has 4 aromatic rings. The standard InChI is InChI=1S/C28H29ClN2O2/c1-2-33-24-14-11-21(12-15-24)17-18-30-28(32)16-13-22-19-31(27-10-6-4-8-25(22)27)20-23-7-3-5-9-26(23)29/h3-12,14-15,19H,2,13,16-18,20H2,1H3,(H,30,32). The Morgan fingerprint density at radius 1 is 0.939 bits per heavy atom. The van der Waals surface area contributed by atoms with Gasteiger partial charge in [-0.1, -0.05) is 60.1 Å². The molecule has 0 fully saturated rings. The predicted octanol–water partition coefficient (Wildman–Crippen LogP) is 6.03. The van der Waals surface area contributed by atoms with Crippen LogP contribution in [-0.2, 0) is 24.2 Å². The number of carbonyl (C=O) groups is 1. The summed E-state index contributed by atoms with van der Waals surface area (Å²) in [5, 5.41) is 5.00. The van der Waals surface area contributed by atoms with Crippen molar-refractivity contribution < 1.29 is 9.53 Å². The van der Waals surface area contributed by atoms with Crippen LogP contribution < -0.4 is 10.1 Å². The molecule has 0 atom stereocenters. The smallest absolute Gasteiger partial charge is 0.220 e. The highest BCUT2D eigenvalue weighted by molar-refractivity contribution is 6.31. The van der Waals surface area contributed by atoms with Crippen molar-refractivity contribution in [1.29, 1.82) is 0 Å². The fourth-order valence-electron chi connectivity index (χ4n) is 4.06. The molecule has 0 aliphatic carbocycles. The van der Waals surface area contributed by atoms with Crippen molar-refractivity contribution in [2.24, 2.45) is 0 Å². The van der Waals surface area contributed by atoms with Gasteiger partial charge >= 0.3 is 0 Å². The fourth-order valence-corrected chi connectivity index (χ4v) is 4.26. The molecule has 0 saturated heterocycles. The molecule has 1 N–H and O–H groups in total. The Hall–Kier alpha value is -3.24. The van der Waals surface area contributed by atoms with Crippen LogP contribution in [0.3, 0.4) is 0 Å². The van der Waals surface area contributed by atoms with Gasteiger partial charge in [0, 0.05) is 41.6 Å². The normalized spacial score (nSPS) is 11.0. The number of fused-ring (bicyclic) bond motifs is 1. The molecule has 3 aromatic carbocycles. The topological polar surface area (TPSA) is 43.3 Å². The number of hydrogen-bond donors (Lipinski definition) is 1. The molecule has 5 heteroatoms. The number of amides is 1. The molecule has 33 heavy (non-hydrogen) atoms. The van der Waals surface area contributed by atoms with Crippen molar-refractivity contribution in [1.82, 2.24) is 9.88 Å². The van der Waals surface area contributed by atoms with E-state index in [2.05, 4.69) is 34.3 Å². The molecule has 1 heterocycles. The molecule has 0 aliphatic rings. The summed E-state index contributed by atoms with van der Waals surface area (Å²) in [6.07, 6.45) is 4.12. The molecule has 0 spiro atoms. The van der Waals surface area contributed by atoms with Crippen LogP contribution >= 0.6 is 11.6 Å². The first-order chi connectivity index (χ1) is 16.1. The van der Waals surface area contributed by atoms with E-state index in [9.17, 15) is 4.79 Å². The highest BCUT2D eigenvalue weighted by Crippen LogP contribution is 2.25. The summed E-state index contributed by atoms with van der Waals surface area (Å²) < 4.78 is 7.69. The molecular weight excluding hydrogens is 432 g/mol. The number of hydrogen-bond acceptors (Lipinski definition) is 2. The van der Waals surface area contributed by atoms with E-state index in [4.69, 9.17) is 16.3 Å². The molecule has 0 unspecified atom stereocenters. The van der Waals surface area contributed by atoms with Crippen LogP contribution in [0.15, 0.2) is 79.0 Å². The minimum Gasteiger partial charge on any atom is -0.494 e. The second-order valence-corrected chi connectivity index (χ2v) is 8.47. The Kier molecular flexibility index (Phi) is 7.69. The number of aromatic nitrogens is 1. The number of benzene rings is 3. The highest BCUT2D eigenvalue weighted by atomic mass is 35.5. The zero-order chi connectivity index (χ0) is 23.0. The van der Waals surface area contributed by atoms with Crippen LogP contribution in [0.4, 0.5) is 0 Å². The summed E-state index contributed by atoms with van der Waals surface area (Å²) >= 11 is 6.38. The second-order valence-electron chi connectivity index (χ2n) is 8.07. The third kappa shape index (κ3) is 5.96. The number of aryl methyl sites for hydroxylation is 1. The van der Waals surface area contributed by atoms with Crippen LogP contribution in [0, 0.1) is 0 Å². The Labute approximate surface area is 200 Å². The number of rotatable bonds is 10. The lowest BCUT2D eigenvalue weighted by Crippen LogP contribution is -2.25. The molecule has 0 bridgehead atoms. The van der Waals surface area contributed by atoms with Gasteiger partial charge in [-0.15, -0.1) is 0 Å². The Bertz CT molecular complexity index is 1210. The first kappa shape index (κ1) is 22.9. The maximum atomic E-state index is 12.5. The molecule has 1 amide bonds. The minimum atomic E-state index is 0.0730. The SMILES string of the molecule is CCOc1ccc(CCNC(=O)CCc2cn(Cc3ccccc3Cl)c3ccccc23)cc1. The van der Waals surface area contributed by atoms with E-state index in [-0.39, 0.29) is 5.91 Å². The van der Waals surface area contributed by atoms with Crippen molar-refractivity contribution in [2.75, 3.05) is 13.2 Å². The lowest BCUT2D eigenvalue weighted by molar-refractivity contribution is -0.121. The van der Waals surface area contributed by atoms with Gasteiger partial charge < -0.3 is 14.6 Å². The highest BCUT2D eigenvalue weighted by Gasteiger charge is 2.11. The fraction of sp³-hybridized carbons (Fsp3) is 0.250. The van der Waals surface area contributed by atoms with Gasteiger partial charge in [0.05, 0.1) is 6.61 Å². The molecule has 170 valence electrons. The first-order valence-electron chi connectivity index (χ1n) is 11.4. The molecular formula is C28H29ClN2O2. The molecule has 1 aromatic heterocycles. The van der Waals surface area contributed by atoms with Gasteiger partial charge in [0.2, 0.25) is 5.91 Å². The van der Waals surface area contributed by atoms with E-state index in [0.29, 0.717) is 32.5 Å². The van der Waals surface area contributed by atoms with Gasteiger partial charge in [-0.05, 0) is 60.7 Å². The predicted molar refractivity (Wildman–Crippen MR) is 135 cm³/mol. The van der Waals surface area contributed by atoms with E-state index in [1.165, 1.54) is 16.5 Å². The molecule has 0 saturated carbocycles. The number of para-hydroxylation sites is 1. The van der Waals surface area contributed by atoms with Crippen LogP contribution in [0.5, 0.6) is 5.75 Å². The zero-order valence-corrected chi connectivity index (χ0v) is 19.6. The molecule has 4 nitrogen and oxygen atoms in total. The first-order valence-corrected chi connectivity index (χ1v) is 11.8. The molecule has 0 radical (unpaired) electrons. The van der Waals surface area contributed by atoms with E-state index >= 15 is 0 Å². The Morgan fingerprint density at radius 3 is 2.48 bits per heavy atom. The van der Waals surface area contributed by atoms with Gasteiger partial charge in [-0.25, -0.2) is 0 Å². The Balaban J connectivity index is 1.34. The zero-order valence-electron chi connectivity index (χ0n) is 18.9. The summed E-state index contributed by atoms with van der Waals surface area (Å²) in [5.41, 5.74) is 4.60. The Morgan fingerprint density at radius 2 is 1.70 bits per heavy atom. The van der Waals surface area contributed by atoms with Crippen LogP contribution in [-0.4, -0.2) is 23.6 Å². The third-order valence-electron chi connectivity index (χ3n) is 5.76. The number of halogens is 1. The second kappa shape index (κ2) is 11.1. The van der Waals surface area contributed by atoms with Gasteiger partial charge in [-0.2, -0.15) is 0 Å². The molecule has 4 rings (SSSR count). The minimum absolute atomic E-state index is 0.0730. The number of nitrogens with zero attached hydrogens (tertiary/aromatic N) is 1. The van der Waals surface area contributed by atoms with Crippen LogP contribution in [0.1, 0.15) is 30.0 Å². The quantitative estimate of drug-likeness (QED) is 0.314. The van der Waals surface area contributed by atoms with E-state index in [1.54, 1.807) is 0 Å². The third-order valence-corrected chi connectivity index (χ3v) is 6.13. The van der Waals surface area contributed by atoms with Crippen molar-refractivity contribution in [3.63, 3.8) is 0 Å². The number of ether oxygens (including phenoxy) is 1. The van der Waals surface area contributed by atoms with Crippen molar-refractivity contribution in [3.05, 3.63) is 101 Å². The maximum Gasteiger partial charge on any atom is 0.220 e. The van der Waals surface area contributed by atoms with Crippen molar-refractivity contribution in [2.45, 2.75) is 32.7 Å². The maximum absolute atomic E-state index is 12.5. The van der Waals surface area contributed by atoms with E-state index in [1.807, 2.05) is 61.5 Å². The summed E-state index contributed by atoms with van der Waals surface area (Å²) in [7, 11) is 0. The molecule has 0 aliphatic heterocycles. The van der Waals surface area contributed by atoms with Crippen molar-refractivity contribution in [3.8, 4) is 5.75 Å². The van der Waals surface area contributed by atoms with Gasteiger partial charge in [0.25, 0.3) is 0 Å². The number of carbonyl (C=O) groups excluding carboxylic acids is 1. The van der Waals surface area contributed by atoms with Gasteiger partial charge in [0.1, 0.15) is 5.75 Å². The summed E-state index contributed by atoms with van der Waals surface area (Å²) in [6, 6.07) is 24.3.